The number of benzene rings is 1. The first kappa shape index (κ1) is 18.3. The van der Waals surface area contributed by atoms with E-state index < -0.39 is 18.1 Å². The predicted molar refractivity (Wildman–Crippen MR) is 84.9 cm³/mol. The number of ketones is 1. The van der Waals surface area contributed by atoms with Gasteiger partial charge >= 0.3 is 0 Å². The van der Waals surface area contributed by atoms with Gasteiger partial charge in [0.25, 0.3) is 0 Å². The molecule has 0 aromatic heterocycles. The van der Waals surface area contributed by atoms with Gasteiger partial charge in [0, 0.05) is 0 Å². The number of rotatable bonds is 9. The van der Waals surface area contributed by atoms with Gasteiger partial charge in [0.05, 0.1) is 18.6 Å². The van der Waals surface area contributed by atoms with Crippen molar-refractivity contribution in [1.29, 1.82) is 0 Å². The Morgan fingerprint density at radius 1 is 1.27 bits per heavy atom. The van der Waals surface area contributed by atoms with E-state index in [4.69, 9.17) is 5.73 Å². The van der Waals surface area contributed by atoms with Crippen LogP contribution in [0.2, 0.25) is 0 Å². The lowest BCUT2D eigenvalue weighted by molar-refractivity contribution is -0.131. The van der Waals surface area contributed by atoms with E-state index in [9.17, 15) is 14.7 Å². The standard InChI is InChI=1S/C16H25N3O3/c1-3-7-13(17)15(21)16(22)18-10-14(20)19-11(2)12-8-5-4-6-9-12/h4-6,8-9,11,13,16,18,22H,3,7,10,17H2,1-2H3,(H,19,20)/t11-,13?,16-/m0/s1. The van der Waals surface area contributed by atoms with Gasteiger partial charge in [0.15, 0.2) is 12.0 Å². The number of hydrogen-bond acceptors (Lipinski definition) is 5. The van der Waals surface area contributed by atoms with Crippen molar-refractivity contribution in [3.63, 3.8) is 0 Å². The molecule has 0 saturated heterocycles. The highest BCUT2D eigenvalue weighted by atomic mass is 16.3. The van der Waals surface area contributed by atoms with Crippen molar-refractivity contribution in [1.82, 2.24) is 10.6 Å². The minimum atomic E-state index is -1.42. The predicted octanol–water partition coefficient (Wildman–Crippen LogP) is 0.468. The second-order valence-electron chi connectivity index (χ2n) is 5.28. The summed E-state index contributed by atoms with van der Waals surface area (Å²) in [5, 5.41) is 15.0. The number of carbonyl (C=O) groups is 2. The highest BCUT2D eigenvalue weighted by Gasteiger charge is 2.22. The maximum Gasteiger partial charge on any atom is 0.234 e. The SMILES string of the molecule is CCCC(N)C(=O)[C@H](O)NCC(=O)N[C@@H](C)c1ccccc1. The Labute approximate surface area is 131 Å². The number of aliphatic hydroxyl groups excluding tert-OH is 1. The summed E-state index contributed by atoms with van der Waals surface area (Å²) in [6.45, 7) is 3.63. The third kappa shape index (κ3) is 5.93. The molecule has 1 aromatic rings. The zero-order valence-electron chi connectivity index (χ0n) is 13.1. The molecule has 1 unspecified atom stereocenters. The van der Waals surface area contributed by atoms with Gasteiger partial charge in [-0.2, -0.15) is 0 Å². The van der Waals surface area contributed by atoms with Crippen LogP contribution in [0.25, 0.3) is 0 Å². The molecule has 1 rings (SSSR count). The first-order valence-corrected chi connectivity index (χ1v) is 7.50. The molecule has 0 saturated carbocycles. The molecule has 5 N–H and O–H groups in total. The minimum absolute atomic E-state index is 0.148. The van der Waals surface area contributed by atoms with Crippen LogP contribution in [0.5, 0.6) is 0 Å². The lowest BCUT2D eigenvalue weighted by Gasteiger charge is -2.18. The van der Waals surface area contributed by atoms with Crippen molar-refractivity contribution >= 4 is 11.7 Å². The van der Waals surface area contributed by atoms with E-state index in [2.05, 4.69) is 10.6 Å². The number of aliphatic hydroxyl groups is 1. The molecule has 122 valence electrons. The molecule has 0 radical (unpaired) electrons. The monoisotopic (exact) mass is 307 g/mol. The Balaban J connectivity index is 2.38. The van der Waals surface area contributed by atoms with Crippen LogP contribution in [-0.4, -0.2) is 35.6 Å². The van der Waals surface area contributed by atoms with Crippen molar-refractivity contribution in [3.8, 4) is 0 Å². The first-order chi connectivity index (χ1) is 10.5. The average molecular weight is 307 g/mol. The Hall–Kier alpha value is -1.76. The van der Waals surface area contributed by atoms with Crippen LogP contribution < -0.4 is 16.4 Å². The number of nitrogens with two attached hydrogens (primary N) is 1. The van der Waals surface area contributed by atoms with Gasteiger partial charge in [-0.1, -0.05) is 43.7 Å². The third-order valence-corrected chi connectivity index (χ3v) is 3.37. The first-order valence-electron chi connectivity index (χ1n) is 7.50. The number of carbonyl (C=O) groups excluding carboxylic acids is 2. The topological polar surface area (TPSA) is 104 Å². The Kier molecular flexibility index (Phi) is 7.73. The smallest absolute Gasteiger partial charge is 0.234 e. The summed E-state index contributed by atoms with van der Waals surface area (Å²) in [6, 6.07) is 8.67. The van der Waals surface area contributed by atoms with Crippen LogP contribution in [0.3, 0.4) is 0 Å². The molecule has 1 aromatic carbocycles. The molecule has 0 aliphatic heterocycles. The van der Waals surface area contributed by atoms with E-state index in [1.807, 2.05) is 44.2 Å². The molecule has 0 bridgehead atoms. The second kappa shape index (κ2) is 9.30. The molecular formula is C16H25N3O3. The van der Waals surface area contributed by atoms with Gasteiger partial charge in [-0.3, -0.25) is 14.9 Å². The Bertz CT molecular complexity index is 479. The number of amides is 1. The quantitative estimate of drug-likeness (QED) is 0.496. The Morgan fingerprint density at radius 3 is 2.50 bits per heavy atom. The zero-order chi connectivity index (χ0) is 16.5. The fourth-order valence-electron chi connectivity index (χ4n) is 2.06. The second-order valence-corrected chi connectivity index (χ2v) is 5.28. The molecule has 6 heteroatoms. The van der Waals surface area contributed by atoms with Gasteiger partial charge in [0.1, 0.15) is 0 Å². The van der Waals surface area contributed by atoms with Gasteiger partial charge in [-0.25, -0.2) is 0 Å². The molecule has 0 spiro atoms. The molecule has 6 nitrogen and oxygen atoms in total. The summed E-state index contributed by atoms with van der Waals surface area (Å²) < 4.78 is 0. The minimum Gasteiger partial charge on any atom is -0.371 e. The van der Waals surface area contributed by atoms with Crippen LogP contribution in [0.4, 0.5) is 0 Å². The zero-order valence-corrected chi connectivity index (χ0v) is 13.1. The van der Waals surface area contributed by atoms with Crippen LogP contribution in [0, 0.1) is 0 Å². The lowest BCUT2D eigenvalue weighted by atomic mass is 10.1. The molecule has 22 heavy (non-hydrogen) atoms. The van der Waals surface area contributed by atoms with E-state index in [1.54, 1.807) is 0 Å². The molecule has 3 atom stereocenters. The normalized spacial score (nSPS) is 14.9. The Morgan fingerprint density at radius 2 is 1.91 bits per heavy atom. The number of hydrogen-bond donors (Lipinski definition) is 4. The fraction of sp³-hybridized carbons (Fsp3) is 0.500. The molecule has 0 aliphatic carbocycles. The molecule has 1 amide bonds. The van der Waals surface area contributed by atoms with E-state index in [1.165, 1.54) is 0 Å². The van der Waals surface area contributed by atoms with Crippen LogP contribution in [0.15, 0.2) is 30.3 Å². The van der Waals surface area contributed by atoms with E-state index in [0.717, 1.165) is 12.0 Å². The summed E-state index contributed by atoms with van der Waals surface area (Å²) in [5.74, 6) is -0.793. The average Bonchev–Trinajstić information content (AvgIpc) is 2.52. The van der Waals surface area contributed by atoms with Gasteiger partial charge in [-0.05, 0) is 18.9 Å². The lowest BCUT2D eigenvalue weighted by Crippen LogP contribution is -2.49. The third-order valence-electron chi connectivity index (χ3n) is 3.37. The maximum atomic E-state index is 11.8. The van der Waals surface area contributed by atoms with Crippen LogP contribution in [-0.2, 0) is 9.59 Å². The number of nitrogens with one attached hydrogen (secondary N) is 2. The van der Waals surface area contributed by atoms with Crippen LogP contribution in [0.1, 0.15) is 38.3 Å². The largest absolute Gasteiger partial charge is 0.371 e. The van der Waals surface area contributed by atoms with Crippen molar-refractivity contribution in [3.05, 3.63) is 35.9 Å². The maximum absolute atomic E-state index is 11.8. The molecule has 0 aliphatic rings. The molecule has 0 fully saturated rings. The van der Waals surface area contributed by atoms with Crippen molar-refractivity contribution < 1.29 is 14.7 Å². The van der Waals surface area contributed by atoms with E-state index in [-0.39, 0.29) is 18.5 Å². The summed E-state index contributed by atoms with van der Waals surface area (Å²) in [7, 11) is 0. The fourth-order valence-corrected chi connectivity index (χ4v) is 2.06. The van der Waals surface area contributed by atoms with Gasteiger partial charge < -0.3 is 16.2 Å². The molecule has 0 heterocycles. The number of Topliss-reactive ketones (excluding diaryl/α,β-unsaturated/α-hetero) is 1. The van der Waals surface area contributed by atoms with Crippen molar-refractivity contribution in [2.75, 3.05) is 6.54 Å². The van der Waals surface area contributed by atoms with E-state index >= 15 is 0 Å². The van der Waals surface area contributed by atoms with Gasteiger partial charge in [0.2, 0.25) is 5.91 Å². The van der Waals surface area contributed by atoms with E-state index in [0.29, 0.717) is 6.42 Å². The summed E-state index contributed by atoms with van der Waals surface area (Å²) in [5.41, 5.74) is 6.63. The molecular weight excluding hydrogens is 282 g/mol. The highest BCUT2D eigenvalue weighted by molar-refractivity contribution is 5.88. The van der Waals surface area contributed by atoms with Gasteiger partial charge in [-0.15, -0.1) is 0 Å². The van der Waals surface area contributed by atoms with Crippen molar-refractivity contribution in [2.45, 2.75) is 45.0 Å². The summed E-state index contributed by atoms with van der Waals surface area (Å²) >= 11 is 0. The summed E-state index contributed by atoms with van der Waals surface area (Å²) in [4.78, 5) is 23.5. The highest BCUT2D eigenvalue weighted by Crippen LogP contribution is 2.10. The summed E-state index contributed by atoms with van der Waals surface area (Å²) in [6.07, 6.45) is -0.150. The van der Waals surface area contributed by atoms with Crippen LogP contribution >= 0.6 is 0 Å². The van der Waals surface area contributed by atoms with Crippen molar-refractivity contribution in [2.24, 2.45) is 5.73 Å².